The fourth-order valence-electron chi connectivity index (χ4n) is 4.99. The molecule has 0 spiro atoms. The van der Waals surface area contributed by atoms with Crippen LogP contribution in [0.2, 0.25) is 0 Å². The van der Waals surface area contributed by atoms with Crippen LogP contribution < -0.4 is 4.90 Å². The number of sulfone groups is 1. The molecule has 11 heteroatoms. The van der Waals surface area contributed by atoms with Gasteiger partial charge in [0, 0.05) is 50.5 Å². The number of rotatable bonds is 10. The molecule has 9 nitrogen and oxygen atoms in total. The molecule has 1 aliphatic heterocycles. The van der Waals surface area contributed by atoms with E-state index in [0.29, 0.717) is 41.8 Å². The molecular formula is C28H39FN6O3S. The molecule has 0 saturated carbocycles. The zero-order valence-corrected chi connectivity index (χ0v) is 24.2. The first-order valence-electron chi connectivity index (χ1n) is 13.5. The minimum absolute atomic E-state index is 0.0140. The summed E-state index contributed by atoms with van der Waals surface area (Å²) in [6.45, 7) is 9.62. The van der Waals surface area contributed by atoms with Gasteiger partial charge in [-0.25, -0.2) is 22.8 Å². The normalized spacial score (nSPS) is 15.1. The number of halogens is 1. The summed E-state index contributed by atoms with van der Waals surface area (Å²) in [6, 6.07) is 5.63. The third-order valence-corrected chi connectivity index (χ3v) is 9.08. The van der Waals surface area contributed by atoms with Crippen molar-refractivity contribution in [2.75, 3.05) is 43.9 Å². The van der Waals surface area contributed by atoms with Crippen LogP contribution in [0.25, 0.3) is 11.3 Å². The monoisotopic (exact) mass is 558 g/mol. The molecule has 0 aliphatic carbocycles. The van der Waals surface area contributed by atoms with Gasteiger partial charge in [-0.3, -0.25) is 4.68 Å². The Morgan fingerprint density at radius 3 is 2.56 bits per heavy atom. The molecule has 0 atom stereocenters. The van der Waals surface area contributed by atoms with Crippen molar-refractivity contribution in [3.63, 3.8) is 0 Å². The van der Waals surface area contributed by atoms with E-state index in [1.807, 2.05) is 40.0 Å². The van der Waals surface area contributed by atoms with Crippen LogP contribution in [0.15, 0.2) is 35.6 Å². The SMILES string of the molecule is CCS(=O)(=O)c1nn(C(C)C)cc1-c1nc(Cc2ccc(N3CCC(N(C)CCO)CC3)c(F)c2)ncc1C. The van der Waals surface area contributed by atoms with Gasteiger partial charge in [0.05, 0.1) is 29.3 Å². The molecule has 0 unspecified atom stereocenters. The second-order valence-corrected chi connectivity index (χ2v) is 12.7. The van der Waals surface area contributed by atoms with Crippen molar-refractivity contribution in [3.8, 4) is 11.3 Å². The van der Waals surface area contributed by atoms with Crippen LogP contribution >= 0.6 is 0 Å². The second kappa shape index (κ2) is 12.1. The molecule has 1 aliphatic rings. The zero-order valence-electron chi connectivity index (χ0n) is 23.4. The predicted octanol–water partition coefficient (Wildman–Crippen LogP) is 3.65. The summed E-state index contributed by atoms with van der Waals surface area (Å²) in [7, 11) is -1.55. The second-order valence-electron chi connectivity index (χ2n) is 10.5. The summed E-state index contributed by atoms with van der Waals surface area (Å²) in [5.74, 6) is 0.138. The maximum absolute atomic E-state index is 15.2. The number of hydrogen-bond donors (Lipinski definition) is 1. The quantitative estimate of drug-likeness (QED) is 0.402. The highest BCUT2D eigenvalue weighted by Gasteiger charge is 2.26. The number of benzene rings is 1. The summed E-state index contributed by atoms with van der Waals surface area (Å²) in [5.41, 5.74) is 3.04. The lowest BCUT2D eigenvalue weighted by Crippen LogP contribution is -2.44. The van der Waals surface area contributed by atoms with Gasteiger partial charge in [0.1, 0.15) is 11.6 Å². The Morgan fingerprint density at radius 2 is 1.95 bits per heavy atom. The molecule has 0 amide bonds. The Balaban J connectivity index is 1.55. The van der Waals surface area contributed by atoms with Crippen molar-refractivity contribution < 1.29 is 17.9 Å². The van der Waals surface area contributed by atoms with Crippen molar-refractivity contribution in [1.29, 1.82) is 0 Å². The molecular weight excluding hydrogens is 519 g/mol. The van der Waals surface area contributed by atoms with E-state index in [1.54, 1.807) is 24.0 Å². The maximum Gasteiger partial charge on any atom is 0.197 e. The summed E-state index contributed by atoms with van der Waals surface area (Å²) >= 11 is 0. The largest absolute Gasteiger partial charge is 0.395 e. The summed E-state index contributed by atoms with van der Waals surface area (Å²) in [5, 5.41) is 13.6. The number of nitrogens with zero attached hydrogens (tertiary/aromatic N) is 6. The molecule has 2 aromatic heterocycles. The lowest BCUT2D eigenvalue weighted by atomic mass is 10.0. The topological polar surface area (TPSA) is 104 Å². The number of aromatic nitrogens is 4. The summed E-state index contributed by atoms with van der Waals surface area (Å²) < 4.78 is 42.5. The smallest absolute Gasteiger partial charge is 0.197 e. The van der Waals surface area contributed by atoms with Crippen molar-refractivity contribution >= 4 is 15.5 Å². The average Bonchev–Trinajstić information content (AvgIpc) is 3.37. The fourth-order valence-corrected chi connectivity index (χ4v) is 5.97. The summed E-state index contributed by atoms with van der Waals surface area (Å²) in [6.07, 6.45) is 5.55. The van der Waals surface area contributed by atoms with Gasteiger partial charge in [0.2, 0.25) is 0 Å². The van der Waals surface area contributed by atoms with Gasteiger partial charge < -0.3 is 14.9 Å². The van der Waals surface area contributed by atoms with Crippen LogP contribution in [0.4, 0.5) is 10.1 Å². The van der Waals surface area contributed by atoms with Crippen molar-refractivity contribution in [2.45, 2.75) is 64.1 Å². The van der Waals surface area contributed by atoms with Crippen LogP contribution in [-0.2, 0) is 16.3 Å². The zero-order chi connectivity index (χ0) is 28.3. The van der Waals surface area contributed by atoms with E-state index in [0.717, 1.165) is 37.1 Å². The van der Waals surface area contributed by atoms with E-state index < -0.39 is 9.84 Å². The third kappa shape index (κ3) is 6.47. The Kier molecular flexibility index (Phi) is 9.03. The Labute approximate surface area is 230 Å². The van der Waals surface area contributed by atoms with E-state index in [1.165, 1.54) is 6.07 Å². The lowest BCUT2D eigenvalue weighted by Gasteiger charge is -2.37. The van der Waals surface area contributed by atoms with Crippen molar-refractivity contribution in [2.24, 2.45) is 0 Å². The van der Waals surface area contributed by atoms with Crippen LogP contribution in [0, 0.1) is 12.7 Å². The number of aliphatic hydroxyl groups is 1. The van der Waals surface area contributed by atoms with Gasteiger partial charge in [-0.05, 0) is 63.9 Å². The molecule has 39 heavy (non-hydrogen) atoms. The van der Waals surface area contributed by atoms with Crippen LogP contribution in [0.5, 0.6) is 0 Å². The van der Waals surface area contributed by atoms with Gasteiger partial charge in [-0.1, -0.05) is 13.0 Å². The van der Waals surface area contributed by atoms with E-state index in [4.69, 9.17) is 4.98 Å². The van der Waals surface area contributed by atoms with Crippen LogP contribution in [-0.4, -0.2) is 83.3 Å². The number of anilines is 1. The van der Waals surface area contributed by atoms with Crippen molar-refractivity contribution in [1.82, 2.24) is 24.6 Å². The third-order valence-electron chi connectivity index (χ3n) is 7.43. The molecule has 1 saturated heterocycles. The highest BCUT2D eigenvalue weighted by Crippen LogP contribution is 2.30. The number of hydrogen-bond acceptors (Lipinski definition) is 8. The Morgan fingerprint density at radius 1 is 1.23 bits per heavy atom. The molecule has 212 valence electrons. The van der Waals surface area contributed by atoms with Gasteiger partial charge >= 0.3 is 0 Å². The van der Waals surface area contributed by atoms with Gasteiger partial charge in [0.15, 0.2) is 14.9 Å². The van der Waals surface area contributed by atoms with E-state index in [9.17, 15) is 13.5 Å². The van der Waals surface area contributed by atoms with Gasteiger partial charge in [-0.2, -0.15) is 5.10 Å². The molecule has 4 rings (SSSR count). The fraction of sp³-hybridized carbons (Fsp3) is 0.536. The Bertz CT molecular complexity index is 1400. The number of aliphatic hydroxyl groups excluding tert-OH is 1. The minimum Gasteiger partial charge on any atom is -0.395 e. The number of likely N-dealkylation sites (N-methyl/N-ethyl adjacent to an activating group) is 1. The first-order valence-corrected chi connectivity index (χ1v) is 15.2. The predicted molar refractivity (Wildman–Crippen MR) is 150 cm³/mol. The van der Waals surface area contributed by atoms with E-state index in [2.05, 4.69) is 19.9 Å². The summed E-state index contributed by atoms with van der Waals surface area (Å²) in [4.78, 5) is 13.4. The van der Waals surface area contributed by atoms with Crippen LogP contribution in [0.1, 0.15) is 56.6 Å². The average molecular weight is 559 g/mol. The highest BCUT2D eigenvalue weighted by atomic mass is 32.2. The van der Waals surface area contributed by atoms with Crippen molar-refractivity contribution in [3.05, 3.63) is 53.4 Å². The molecule has 1 aromatic carbocycles. The maximum atomic E-state index is 15.2. The highest BCUT2D eigenvalue weighted by molar-refractivity contribution is 7.91. The number of piperidine rings is 1. The number of aryl methyl sites for hydroxylation is 1. The lowest BCUT2D eigenvalue weighted by molar-refractivity contribution is 0.161. The molecule has 1 N–H and O–H groups in total. The first-order chi connectivity index (χ1) is 18.5. The first kappa shape index (κ1) is 29.1. The molecule has 0 bridgehead atoms. The molecule has 0 radical (unpaired) electrons. The minimum atomic E-state index is -3.57. The van der Waals surface area contributed by atoms with E-state index >= 15 is 4.39 Å². The standard InChI is InChI=1S/C28H39FN6O3S/c1-6-39(37,38)28-23(18-35(32-28)19(2)3)27-20(4)17-30-26(31-27)16-21-7-8-25(24(29)15-21)34-11-9-22(10-12-34)33(5)13-14-36/h7-8,15,17-19,22,36H,6,9-14,16H2,1-5H3. The molecule has 3 heterocycles. The van der Waals surface area contributed by atoms with E-state index in [-0.39, 0.29) is 29.2 Å². The van der Waals surface area contributed by atoms with Gasteiger partial charge in [0.25, 0.3) is 0 Å². The molecule has 1 fully saturated rings. The molecule has 3 aromatic rings. The van der Waals surface area contributed by atoms with Gasteiger partial charge in [-0.15, -0.1) is 0 Å². The van der Waals surface area contributed by atoms with Crippen LogP contribution in [0.3, 0.4) is 0 Å². The Hall–Kier alpha value is -2.89.